The minimum Gasteiger partial charge on any atom is -0.379 e. The zero-order valence-electron chi connectivity index (χ0n) is 9.63. The van der Waals surface area contributed by atoms with E-state index in [4.69, 9.17) is 0 Å². The molecule has 5 nitrogen and oxygen atoms in total. The molecule has 0 saturated carbocycles. The molecule has 2 rings (SSSR count). The van der Waals surface area contributed by atoms with Crippen LogP contribution >= 0.6 is 0 Å². The van der Waals surface area contributed by atoms with Crippen molar-refractivity contribution < 1.29 is 9.50 Å². The van der Waals surface area contributed by atoms with Gasteiger partial charge in [0.15, 0.2) is 0 Å². The number of hydrogen-bond acceptors (Lipinski definition) is 4. The third kappa shape index (κ3) is 2.03. The SMILES string of the molecule is CCn1nncc1C(C)(O)c1cncc(F)c1. The third-order valence-electron chi connectivity index (χ3n) is 2.68. The van der Waals surface area contributed by atoms with E-state index in [0.717, 1.165) is 6.20 Å². The first-order valence-corrected chi connectivity index (χ1v) is 5.28. The van der Waals surface area contributed by atoms with Crippen molar-refractivity contribution in [2.75, 3.05) is 0 Å². The molecule has 0 amide bonds. The Hall–Kier alpha value is -1.82. The highest BCUT2D eigenvalue weighted by molar-refractivity contribution is 5.28. The molecule has 1 unspecified atom stereocenters. The van der Waals surface area contributed by atoms with E-state index in [2.05, 4.69) is 15.3 Å². The summed E-state index contributed by atoms with van der Waals surface area (Å²) in [6, 6.07) is 1.25. The maximum atomic E-state index is 13.1. The molecule has 90 valence electrons. The van der Waals surface area contributed by atoms with Gasteiger partial charge in [-0.15, -0.1) is 5.10 Å². The predicted molar refractivity (Wildman–Crippen MR) is 58.6 cm³/mol. The van der Waals surface area contributed by atoms with E-state index >= 15 is 0 Å². The third-order valence-corrected chi connectivity index (χ3v) is 2.68. The van der Waals surface area contributed by atoms with Crippen LogP contribution in [0.2, 0.25) is 0 Å². The van der Waals surface area contributed by atoms with Gasteiger partial charge in [-0.2, -0.15) is 0 Å². The molecule has 0 aromatic carbocycles. The summed E-state index contributed by atoms with van der Waals surface area (Å²) < 4.78 is 14.7. The number of pyridine rings is 1. The lowest BCUT2D eigenvalue weighted by atomic mass is 9.94. The van der Waals surface area contributed by atoms with Crippen molar-refractivity contribution in [3.63, 3.8) is 0 Å². The average molecular weight is 236 g/mol. The second-order valence-corrected chi connectivity index (χ2v) is 3.90. The van der Waals surface area contributed by atoms with Gasteiger partial charge in [-0.05, 0) is 19.9 Å². The highest BCUT2D eigenvalue weighted by atomic mass is 19.1. The maximum Gasteiger partial charge on any atom is 0.141 e. The molecule has 0 aliphatic carbocycles. The van der Waals surface area contributed by atoms with E-state index in [0.29, 0.717) is 17.8 Å². The van der Waals surface area contributed by atoms with Crippen molar-refractivity contribution >= 4 is 0 Å². The summed E-state index contributed by atoms with van der Waals surface area (Å²) in [6.45, 7) is 4.03. The lowest BCUT2D eigenvalue weighted by Crippen LogP contribution is -2.27. The standard InChI is InChI=1S/C11H13FN4O/c1-3-16-10(7-14-15-16)11(2,17)8-4-9(12)6-13-5-8/h4-7,17H,3H2,1-2H3. The second-order valence-electron chi connectivity index (χ2n) is 3.90. The Bertz CT molecular complexity index is 524. The van der Waals surface area contributed by atoms with Crippen molar-refractivity contribution in [2.24, 2.45) is 0 Å². The number of nitrogens with zero attached hydrogens (tertiary/aromatic N) is 4. The van der Waals surface area contributed by atoms with E-state index in [1.54, 1.807) is 11.6 Å². The second kappa shape index (κ2) is 4.21. The molecule has 2 aromatic heterocycles. The molecule has 0 saturated heterocycles. The average Bonchev–Trinajstić information content (AvgIpc) is 2.77. The van der Waals surface area contributed by atoms with Crippen molar-refractivity contribution in [1.29, 1.82) is 0 Å². The summed E-state index contributed by atoms with van der Waals surface area (Å²) in [5.41, 5.74) is -0.490. The molecular weight excluding hydrogens is 223 g/mol. The Morgan fingerprint density at radius 2 is 2.18 bits per heavy atom. The van der Waals surface area contributed by atoms with Crippen LogP contribution in [0.25, 0.3) is 0 Å². The van der Waals surface area contributed by atoms with Gasteiger partial charge in [0.1, 0.15) is 11.4 Å². The van der Waals surface area contributed by atoms with Crippen molar-refractivity contribution in [1.82, 2.24) is 20.0 Å². The molecule has 0 aliphatic rings. The van der Waals surface area contributed by atoms with Gasteiger partial charge in [0.25, 0.3) is 0 Å². The Labute approximate surface area is 97.9 Å². The van der Waals surface area contributed by atoms with Crippen molar-refractivity contribution in [3.05, 3.63) is 41.7 Å². The van der Waals surface area contributed by atoms with Crippen LogP contribution in [0.5, 0.6) is 0 Å². The smallest absolute Gasteiger partial charge is 0.141 e. The van der Waals surface area contributed by atoms with E-state index < -0.39 is 11.4 Å². The quantitative estimate of drug-likeness (QED) is 0.866. The molecule has 0 fully saturated rings. The molecule has 0 spiro atoms. The van der Waals surface area contributed by atoms with E-state index in [9.17, 15) is 9.50 Å². The van der Waals surface area contributed by atoms with Crippen LogP contribution in [0.1, 0.15) is 25.1 Å². The molecular formula is C11H13FN4O. The summed E-state index contributed by atoms with van der Waals surface area (Å²) >= 11 is 0. The monoisotopic (exact) mass is 236 g/mol. The Kier molecular flexibility index (Phi) is 2.89. The van der Waals surface area contributed by atoms with Crippen LogP contribution in [-0.2, 0) is 12.1 Å². The molecule has 1 atom stereocenters. The van der Waals surface area contributed by atoms with E-state index in [-0.39, 0.29) is 0 Å². The minimum absolute atomic E-state index is 0.370. The van der Waals surface area contributed by atoms with Gasteiger partial charge in [0.05, 0.1) is 18.1 Å². The van der Waals surface area contributed by atoms with Gasteiger partial charge in [-0.1, -0.05) is 5.21 Å². The molecule has 0 radical (unpaired) electrons. The Morgan fingerprint density at radius 1 is 1.41 bits per heavy atom. The number of aryl methyl sites for hydroxylation is 1. The van der Waals surface area contributed by atoms with Gasteiger partial charge >= 0.3 is 0 Å². The summed E-state index contributed by atoms with van der Waals surface area (Å²) in [5, 5.41) is 18.1. The lowest BCUT2D eigenvalue weighted by Gasteiger charge is -2.23. The van der Waals surface area contributed by atoms with Crippen LogP contribution in [0.15, 0.2) is 24.7 Å². The Balaban J connectivity index is 2.49. The predicted octanol–water partition coefficient (Wildman–Crippen LogP) is 1.09. The molecule has 0 bridgehead atoms. The number of aliphatic hydroxyl groups is 1. The van der Waals surface area contributed by atoms with Gasteiger partial charge in [-0.25, -0.2) is 9.07 Å². The fraction of sp³-hybridized carbons (Fsp3) is 0.364. The van der Waals surface area contributed by atoms with Gasteiger partial charge < -0.3 is 5.11 Å². The lowest BCUT2D eigenvalue weighted by molar-refractivity contribution is 0.0910. The molecule has 0 aliphatic heterocycles. The molecule has 17 heavy (non-hydrogen) atoms. The zero-order chi connectivity index (χ0) is 12.5. The number of rotatable bonds is 3. The van der Waals surface area contributed by atoms with Crippen molar-refractivity contribution in [2.45, 2.75) is 26.0 Å². The van der Waals surface area contributed by atoms with Gasteiger partial charge in [0.2, 0.25) is 0 Å². The number of aromatic nitrogens is 4. The normalized spacial score (nSPS) is 14.6. The first-order chi connectivity index (χ1) is 8.05. The summed E-state index contributed by atoms with van der Waals surface area (Å²) in [4.78, 5) is 3.73. The largest absolute Gasteiger partial charge is 0.379 e. The van der Waals surface area contributed by atoms with E-state index in [1.165, 1.54) is 18.5 Å². The highest BCUT2D eigenvalue weighted by Crippen LogP contribution is 2.27. The molecule has 1 N–H and O–H groups in total. The van der Waals surface area contributed by atoms with E-state index in [1.807, 2.05) is 6.92 Å². The molecule has 2 heterocycles. The fourth-order valence-electron chi connectivity index (χ4n) is 1.69. The summed E-state index contributed by atoms with van der Waals surface area (Å²) in [5.74, 6) is -0.488. The van der Waals surface area contributed by atoms with Crippen LogP contribution in [0, 0.1) is 5.82 Å². The topological polar surface area (TPSA) is 63.8 Å². The number of halogens is 1. The zero-order valence-corrected chi connectivity index (χ0v) is 9.63. The highest BCUT2D eigenvalue weighted by Gasteiger charge is 2.30. The van der Waals surface area contributed by atoms with Crippen LogP contribution in [0.3, 0.4) is 0 Å². The summed E-state index contributed by atoms with van der Waals surface area (Å²) in [7, 11) is 0. The Morgan fingerprint density at radius 3 is 2.82 bits per heavy atom. The number of hydrogen-bond donors (Lipinski definition) is 1. The molecule has 6 heteroatoms. The van der Waals surface area contributed by atoms with Crippen LogP contribution < -0.4 is 0 Å². The summed E-state index contributed by atoms with van der Waals surface area (Å²) in [6.07, 6.45) is 3.99. The van der Waals surface area contributed by atoms with Crippen LogP contribution in [-0.4, -0.2) is 25.1 Å². The maximum absolute atomic E-state index is 13.1. The first kappa shape index (κ1) is 11.7. The fourth-order valence-corrected chi connectivity index (χ4v) is 1.69. The minimum atomic E-state index is -1.37. The van der Waals surface area contributed by atoms with Crippen molar-refractivity contribution in [3.8, 4) is 0 Å². The van der Waals surface area contributed by atoms with Crippen LogP contribution in [0.4, 0.5) is 4.39 Å². The molecule has 2 aromatic rings. The van der Waals surface area contributed by atoms with Gasteiger partial charge in [0, 0.05) is 18.3 Å². The van der Waals surface area contributed by atoms with Gasteiger partial charge in [-0.3, -0.25) is 4.98 Å². The first-order valence-electron chi connectivity index (χ1n) is 5.28.